The molecule has 4 heavy (non-hydrogen) atoms. The van der Waals surface area contributed by atoms with Gasteiger partial charge in [-0.05, 0) is 0 Å². The molecule has 0 N–H and O–H groups in total. The third-order valence-electron chi connectivity index (χ3n) is 0. The number of hydrogen-bond acceptors (Lipinski definition) is 0. The average molecular weight is 148 g/mol. The number of halogens is 2. The first-order chi connectivity index (χ1) is 1.73. The van der Waals surface area contributed by atoms with E-state index in [1.54, 1.807) is 15.1 Å². The molecule has 0 saturated carbocycles. The van der Waals surface area contributed by atoms with E-state index in [-0.39, 0.29) is 0 Å². The Morgan fingerprint density at radius 2 is 1.50 bits per heavy atom. The quantitative estimate of drug-likeness (QED) is 0.359. The summed E-state index contributed by atoms with van der Waals surface area (Å²) in [5.74, 6) is 0. The van der Waals surface area contributed by atoms with Crippen LogP contribution in [0.25, 0.3) is 0 Å². The van der Waals surface area contributed by atoms with E-state index in [0.717, 1.165) is 0 Å². The van der Waals surface area contributed by atoms with Crippen LogP contribution in [0.1, 0.15) is 0 Å². The summed E-state index contributed by atoms with van der Waals surface area (Å²) in [4.78, 5) is 0. The summed E-state index contributed by atoms with van der Waals surface area (Å²) in [5, 5.41) is 0. The standard InChI is InChI=1S/F2PSe/c1-3(2)4/q+1. The van der Waals surface area contributed by atoms with Crippen molar-refractivity contribution in [3.63, 3.8) is 0 Å². The predicted octanol–water partition coefficient (Wildman–Crippen LogP) is 1.32. The molecule has 0 heterocycles. The van der Waals surface area contributed by atoms with Crippen molar-refractivity contribution < 1.29 is 8.39 Å². The first kappa shape index (κ1) is 4.68. The van der Waals surface area contributed by atoms with E-state index in [4.69, 9.17) is 0 Å². The third kappa shape index (κ3) is 16.4. The SMILES string of the molecule is F[P+](F)=[Se]. The maximum absolute atomic E-state index is 10.3. The monoisotopic (exact) mass is 149 g/mol. The van der Waals surface area contributed by atoms with Crippen LogP contribution in [-0.4, -0.2) is 15.1 Å². The second-order valence-corrected chi connectivity index (χ2v) is 2.34. The van der Waals surface area contributed by atoms with Crippen molar-refractivity contribution in [3.8, 4) is 0 Å². The Morgan fingerprint density at radius 3 is 1.50 bits per heavy atom. The van der Waals surface area contributed by atoms with Gasteiger partial charge in [-0.2, -0.15) is 0 Å². The van der Waals surface area contributed by atoms with Crippen LogP contribution in [0, 0.1) is 0 Å². The molecule has 0 unspecified atom stereocenters. The van der Waals surface area contributed by atoms with Crippen molar-refractivity contribution >= 4 is 21.9 Å². The molecule has 0 radical (unpaired) electrons. The van der Waals surface area contributed by atoms with Crippen molar-refractivity contribution in [2.24, 2.45) is 0 Å². The fraction of sp³-hybridized carbons (Fsp3) is 0. The van der Waals surface area contributed by atoms with Crippen LogP contribution < -0.4 is 0 Å². The molecule has 0 aliphatic rings. The van der Waals surface area contributed by atoms with Gasteiger partial charge in [0, 0.05) is 0 Å². The van der Waals surface area contributed by atoms with Gasteiger partial charge in [0.2, 0.25) is 0 Å². The Morgan fingerprint density at radius 1 is 1.50 bits per heavy atom. The topological polar surface area (TPSA) is 0 Å². The fourth-order valence-electron chi connectivity index (χ4n) is 0. The van der Waals surface area contributed by atoms with Crippen molar-refractivity contribution in [2.75, 3.05) is 0 Å². The van der Waals surface area contributed by atoms with E-state index in [2.05, 4.69) is 0 Å². The van der Waals surface area contributed by atoms with E-state index in [0.29, 0.717) is 0 Å². The van der Waals surface area contributed by atoms with E-state index >= 15 is 0 Å². The summed E-state index contributed by atoms with van der Waals surface area (Å²) < 4.78 is 20.7. The molecule has 0 aromatic carbocycles. The van der Waals surface area contributed by atoms with Gasteiger partial charge in [0.05, 0.1) is 0 Å². The molecule has 0 atom stereocenters. The molecule has 0 aromatic heterocycles. The Kier molecular flexibility index (Phi) is 2.28. The van der Waals surface area contributed by atoms with Crippen molar-refractivity contribution in [1.82, 2.24) is 0 Å². The molecule has 24 valence electrons. The summed E-state index contributed by atoms with van der Waals surface area (Å²) in [6.45, 7) is -2.75. The molecular weight excluding hydrogens is 148 g/mol. The number of hydrogen-bond donors (Lipinski definition) is 0. The summed E-state index contributed by atoms with van der Waals surface area (Å²) in [6.07, 6.45) is 0. The molecule has 0 nitrogen and oxygen atoms in total. The van der Waals surface area contributed by atoms with Gasteiger partial charge in [-0.15, -0.1) is 0 Å². The van der Waals surface area contributed by atoms with Crippen LogP contribution in [0.3, 0.4) is 0 Å². The van der Waals surface area contributed by atoms with Crippen LogP contribution in [0.5, 0.6) is 0 Å². The third-order valence-corrected chi connectivity index (χ3v) is 0. The Hall–Kier alpha value is 0.679. The van der Waals surface area contributed by atoms with E-state index in [1.165, 1.54) is 0 Å². The van der Waals surface area contributed by atoms with Crippen LogP contribution in [-0.2, 0) is 0 Å². The normalized spacial score (nSPS) is 6.50. The van der Waals surface area contributed by atoms with E-state index in [9.17, 15) is 8.39 Å². The van der Waals surface area contributed by atoms with Gasteiger partial charge in [0.25, 0.3) is 0 Å². The molecule has 0 aliphatic heterocycles. The average Bonchev–Trinajstić information content (AvgIpc) is 0.811. The zero-order chi connectivity index (χ0) is 3.58. The molecule has 0 saturated heterocycles. The molecule has 0 amide bonds. The van der Waals surface area contributed by atoms with Crippen molar-refractivity contribution in [3.05, 3.63) is 0 Å². The summed E-state index contributed by atoms with van der Waals surface area (Å²) >= 11 is 1.63. The zero-order valence-electron chi connectivity index (χ0n) is 1.61. The first-order valence-electron chi connectivity index (χ1n) is 0.521. The molecule has 0 spiro atoms. The van der Waals surface area contributed by atoms with Crippen LogP contribution in [0.15, 0.2) is 0 Å². The molecule has 0 fully saturated rings. The van der Waals surface area contributed by atoms with Crippen LogP contribution in [0.2, 0.25) is 0 Å². The summed E-state index contributed by atoms with van der Waals surface area (Å²) in [7, 11) is 0. The molecule has 0 rings (SSSR count). The molecule has 4 heteroatoms. The van der Waals surface area contributed by atoms with E-state index in [1.807, 2.05) is 0 Å². The second-order valence-electron chi connectivity index (χ2n) is 0.202. The van der Waals surface area contributed by atoms with Crippen molar-refractivity contribution in [1.29, 1.82) is 0 Å². The fourth-order valence-corrected chi connectivity index (χ4v) is 0. The van der Waals surface area contributed by atoms with E-state index < -0.39 is 6.79 Å². The Bertz CT molecular complexity index is 29.0. The van der Waals surface area contributed by atoms with Crippen LogP contribution >= 0.6 is 6.79 Å². The molecule has 0 bridgehead atoms. The van der Waals surface area contributed by atoms with Gasteiger partial charge in [-0.1, -0.05) is 0 Å². The molecule has 0 aromatic rings. The van der Waals surface area contributed by atoms with Gasteiger partial charge in [-0.3, -0.25) is 0 Å². The molecule has 0 aliphatic carbocycles. The predicted molar refractivity (Wildman–Crippen MR) is 14.9 cm³/mol. The first-order valence-corrected chi connectivity index (χ1v) is 3.86. The summed E-state index contributed by atoms with van der Waals surface area (Å²) in [6, 6.07) is 0. The minimum absolute atomic E-state index is 1.63. The van der Waals surface area contributed by atoms with Gasteiger partial charge in [0.15, 0.2) is 0 Å². The van der Waals surface area contributed by atoms with Gasteiger partial charge in [0.1, 0.15) is 0 Å². The Balaban J connectivity index is 2.80. The molecular formula is F2PSe+. The van der Waals surface area contributed by atoms with Crippen LogP contribution in [0.4, 0.5) is 8.39 Å². The summed E-state index contributed by atoms with van der Waals surface area (Å²) in [5.41, 5.74) is 0. The maximum atomic E-state index is 10.3. The van der Waals surface area contributed by atoms with Crippen molar-refractivity contribution in [2.45, 2.75) is 0 Å². The van der Waals surface area contributed by atoms with Gasteiger partial charge < -0.3 is 0 Å². The van der Waals surface area contributed by atoms with Gasteiger partial charge in [-0.25, -0.2) is 0 Å². The minimum atomic E-state index is -2.75. The second kappa shape index (κ2) is 1.95. The number of rotatable bonds is 0. The Labute approximate surface area is 31.1 Å². The van der Waals surface area contributed by atoms with Gasteiger partial charge >= 0.3 is 30.3 Å². The zero-order valence-corrected chi connectivity index (χ0v) is 4.22.